The number of aromatic nitrogens is 3. The standard InChI is InChI=1S/C21H20F3N7O2S/c1-11-18(20(33)26-12-2-3-14(23)15(24)6-12)21(34-30-11)29-17-8-25-7-16(28-17)19(32)27-13-9-31(10-13)5-4-22/h2-3,6-8,13H,4-5,9-10H2,1H3,(H,26,33)(H,27,32)(H,28,29). The van der Waals surface area contributed by atoms with Gasteiger partial charge in [-0.3, -0.25) is 19.5 Å². The zero-order valence-electron chi connectivity index (χ0n) is 17.9. The van der Waals surface area contributed by atoms with Gasteiger partial charge in [-0.1, -0.05) is 0 Å². The number of alkyl halides is 1. The predicted octanol–water partition coefficient (Wildman–Crippen LogP) is 2.90. The van der Waals surface area contributed by atoms with Crippen LogP contribution in [0.2, 0.25) is 0 Å². The van der Waals surface area contributed by atoms with Crippen LogP contribution in [0.1, 0.15) is 26.5 Å². The first-order chi connectivity index (χ1) is 16.3. The Kier molecular flexibility index (Phi) is 7.03. The Bertz CT molecular complexity index is 1220. The summed E-state index contributed by atoms with van der Waals surface area (Å²) in [5.74, 6) is -2.89. The molecule has 178 valence electrons. The van der Waals surface area contributed by atoms with Crippen LogP contribution in [0.5, 0.6) is 0 Å². The SMILES string of the molecule is Cc1nsc(Nc2cncc(C(=O)NC3CN(CCF)C3)n2)c1C(=O)Nc1ccc(F)c(F)c1. The second-order valence-electron chi connectivity index (χ2n) is 7.59. The predicted molar refractivity (Wildman–Crippen MR) is 120 cm³/mol. The largest absolute Gasteiger partial charge is 0.345 e. The Morgan fingerprint density at radius 1 is 1.18 bits per heavy atom. The summed E-state index contributed by atoms with van der Waals surface area (Å²) >= 11 is 0.997. The quantitative estimate of drug-likeness (QED) is 0.444. The van der Waals surface area contributed by atoms with Gasteiger partial charge in [-0.2, -0.15) is 4.37 Å². The molecule has 1 saturated heterocycles. The number of amides is 2. The third-order valence-electron chi connectivity index (χ3n) is 5.07. The van der Waals surface area contributed by atoms with E-state index in [1.54, 1.807) is 6.92 Å². The molecule has 0 spiro atoms. The number of halogens is 3. The van der Waals surface area contributed by atoms with Crippen molar-refractivity contribution in [3.05, 3.63) is 59.2 Å². The summed E-state index contributed by atoms with van der Waals surface area (Å²) in [5.41, 5.74) is 0.758. The summed E-state index contributed by atoms with van der Waals surface area (Å²) in [4.78, 5) is 35.4. The molecule has 3 N–H and O–H groups in total. The highest BCUT2D eigenvalue weighted by atomic mass is 32.1. The van der Waals surface area contributed by atoms with Gasteiger partial charge in [0.05, 0.1) is 29.7 Å². The van der Waals surface area contributed by atoms with Crippen LogP contribution in [0.3, 0.4) is 0 Å². The van der Waals surface area contributed by atoms with Gasteiger partial charge in [0.25, 0.3) is 11.8 Å². The van der Waals surface area contributed by atoms with E-state index in [0.29, 0.717) is 30.3 Å². The molecule has 1 aliphatic heterocycles. The van der Waals surface area contributed by atoms with E-state index in [4.69, 9.17) is 0 Å². The van der Waals surface area contributed by atoms with E-state index < -0.39 is 30.1 Å². The molecule has 1 fully saturated rings. The lowest BCUT2D eigenvalue weighted by Crippen LogP contribution is -2.59. The minimum Gasteiger partial charge on any atom is -0.345 e. The number of anilines is 3. The normalized spacial score (nSPS) is 13.9. The molecule has 13 heteroatoms. The van der Waals surface area contributed by atoms with Gasteiger partial charge in [0.15, 0.2) is 11.6 Å². The van der Waals surface area contributed by atoms with Crippen molar-refractivity contribution in [3.8, 4) is 0 Å². The number of hydrogen-bond acceptors (Lipinski definition) is 8. The number of rotatable bonds is 8. The fourth-order valence-corrected chi connectivity index (χ4v) is 4.17. The summed E-state index contributed by atoms with van der Waals surface area (Å²) in [6.07, 6.45) is 2.70. The molecule has 1 aliphatic rings. The first-order valence-electron chi connectivity index (χ1n) is 10.2. The van der Waals surface area contributed by atoms with Gasteiger partial charge >= 0.3 is 0 Å². The average Bonchev–Trinajstić information content (AvgIpc) is 3.15. The van der Waals surface area contributed by atoms with E-state index in [1.165, 1.54) is 18.5 Å². The van der Waals surface area contributed by atoms with Crippen LogP contribution in [0, 0.1) is 18.6 Å². The topological polar surface area (TPSA) is 112 Å². The van der Waals surface area contributed by atoms with Gasteiger partial charge < -0.3 is 16.0 Å². The molecular weight excluding hydrogens is 471 g/mol. The molecule has 3 heterocycles. The van der Waals surface area contributed by atoms with Crippen molar-refractivity contribution in [2.45, 2.75) is 13.0 Å². The number of nitrogens with zero attached hydrogens (tertiary/aromatic N) is 4. The molecule has 0 saturated carbocycles. The van der Waals surface area contributed by atoms with Crippen molar-refractivity contribution in [2.24, 2.45) is 0 Å². The molecule has 34 heavy (non-hydrogen) atoms. The van der Waals surface area contributed by atoms with Crippen LogP contribution in [0.15, 0.2) is 30.6 Å². The molecular formula is C21H20F3N7O2S. The highest BCUT2D eigenvalue weighted by molar-refractivity contribution is 7.10. The van der Waals surface area contributed by atoms with E-state index in [-0.39, 0.29) is 28.8 Å². The first kappa shape index (κ1) is 23.6. The summed E-state index contributed by atoms with van der Waals surface area (Å²) < 4.78 is 43.1. The molecule has 3 aromatic rings. The molecule has 4 rings (SSSR count). The Balaban J connectivity index is 1.44. The number of hydrogen-bond donors (Lipinski definition) is 3. The second kappa shape index (κ2) is 10.1. The first-order valence-corrected chi connectivity index (χ1v) is 11.0. The van der Waals surface area contributed by atoms with E-state index >= 15 is 0 Å². The smallest absolute Gasteiger partial charge is 0.271 e. The zero-order chi connectivity index (χ0) is 24.2. The Labute approximate surface area is 196 Å². The summed E-state index contributed by atoms with van der Waals surface area (Å²) in [6, 6.07) is 2.94. The third-order valence-corrected chi connectivity index (χ3v) is 5.92. The van der Waals surface area contributed by atoms with Gasteiger partial charge in [0, 0.05) is 31.4 Å². The summed E-state index contributed by atoms with van der Waals surface area (Å²) in [7, 11) is 0. The van der Waals surface area contributed by atoms with Crippen LogP contribution in [0.25, 0.3) is 0 Å². The van der Waals surface area contributed by atoms with Gasteiger partial charge in [-0.15, -0.1) is 0 Å². The molecule has 1 aromatic carbocycles. The van der Waals surface area contributed by atoms with Crippen molar-refractivity contribution >= 4 is 39.9 Å². The highest BCUT2D eigenvalue weighted by Gasteiger charge is 2.28. The van der Waals surface area contributed by atoms with Crippen LogP contribution < -0.4 is 16.0 Å². The highest BCUT2D eigenvalue weighted by Crippen LogP contribution is 2.28. The maximum absolute atomic E-state index is 13.5. The number of carbonyl (C=O) groups is 2. The van der Waals surface area contributed by atoms with E-state index in [2.05, 4.69) is 30.3 Å². The lowest BCUT2D eigenvalue weighted by atomic mass is 10.1. The molecule has 2 aromatic heterocycles. The molecule has 0 bridgehead atoms. The number of carbonyl (C=O) groups excluding carboxylic acids is 2. The summed E-state index contributed by atoms with van der Waals surface area (Å²) in [6.45, 7) is 2.67. The monoisotopic (exact) mass is 491 g/mol. The van der Waals surface area contributed by atoms with E-state index in [1.807, 2.05) is 4.90 Å². The van der Waals surface area contributed by atoms with Crippen LogP contribution in [0.4, 0.5) is 29.7 Å². The van der Waals surface area contributed by atoms with E-state index in [9.17, 15) is 22.8 Å². The molecule has 0 radical (unpaired) electrons. The van der Waals surface area contributed by atoms with Gasteiger partial charge in [0.2, 0.25) is 0 Å². The Morgan fingerprint density at radius 2 is 1.97 bits per heavy atom. The Hall–Kier alpha value is -3.58. The van der Waals surface area contributed by atoms with Crippen molar-refractivity contribution in [1.82, 2.24) is 24.6 Å². The van der Waals surface area contributed by atoms with Gasteiger partial charge in [-0.05, 0) is 30.6 Å². The molecule has 9 nitrogen and oxygen atoms in total. The van der Waals surface area contributed by atoms with Gasteiger partial charge in [-0.25, -0.2) is 18.2 Å². The lowest BCUT2D eigenvalue weighted by molar-refractivity contribution is 0.0793. The maximum Gasteiger partial charge on any atom is 0.271 e. The van der Waals surface area contributed by atoms with Crippen LogP contribution in [-0.4, -0.2) is 63.4 Å². The third kappa shape index (κ3) is 5.31. The van der Waals surface area contributed by atoms with Crippen molar-refractivity contribution < 1.29 is 22.8 Å². The number of benzene rings is 1. The minimum absolute atomic E-state index is 0.0722. The number of aryl methyl sites for hydroxylation is 1. The fourth-order valence-electron chi connectivity index (χ4n) is 3.36. The number of likely N-dealkylation sites (tertiary alicyclic amines) is 1. The minimum atomic E-state index is -1.08. The number of nitrogens with one attached hydrogen (secondary N) is 3. The van der Waals surface area contributed by atoms with Gasteiger partial charge in [0.1, 0.15) is 23.2 Å². The van der Waals surface area contributed by atoms with Crippen molar-refractivity contribution in [2.75, 3.05) is 36.9 Å². The molecule has 2 amide bonds. The lowest BCUT2D eigenvalue weighted by Gasteiger charge is -2.38. The molecule has 0 atom stereocenters. The van der Waals surface area contributed by atoms with Crippen LogP contribution in [-0.2, 0) is 0 Å². The average molecular weight is 491 g/mol. The zero-order valence-corrected chi connectivity index (χ0v) is 18.8. The van der Waals surface area contributed by atoms with Crippen molar-refractivity contribution in [3.63, 3.8) is 0 Å². The van der Waals surface area contributed by atoms with E-state index in [0.717, 1.165) is 23.7 Å². The van der Waals surface area contributed by atoms with Crippen LogP contribution >= 0.6 is 11.5 Å². The maximum atomic E-state index is 13.5. The van der Waals surface area contributed by atoms with Crippen molar-refractivity contribution in [1.29, 1.82) is 0 Å². The molecule has 0 aliphatic carbocycles. The second-order valence-corrected chi connectivity index (χ2v) is 8.36. The fraction of sp³-hybridized carbons (Fsp3) is 0.286. The Morgan fingerprint density at radius 3 is 2.71 bits per heavy atom. The summed E-state index contributed by atoms with van der Waals surface area (Å²) in [5, 5.41) is 8.60. The molecule has 0 unspecified atom stereocenters.